The zero-order valence-corrected chi connectivity index (χ0v) is 11.0. The number of carbonyl (C=O) groups is 2. The van der Waals surface area contributed by atoms with Gasteiger partial charge < -0.3 is 16.4 Å². The summed E-state index contributed by atoms with van der Waals surface area (Å²) in [5, 5.41) is 5.60. The van der Waals surface area contributed by atoms with E-state index in [1.165, 1.54) is 6.20 Å². The van der Waals surface area contributed by atoms with Gasteiger partial charge >= 0.3 is 0 Å². The average molecular weight is 272 g/mol. The molecular weight excluding hydrogens is 256 g/mol. The zero-order valence-electron chi connectivity index (χ0n) is 11.0. The molecule has 1 unspecified atom stereocenters. The Labute approximate surface area is 117 Å². The lowest BCUT2D eigenvalue weighted by atomic mass is 10.1. The van der Waals surface area contributed by atoms with Gasteiger partial charge in [0.1, 0.15) is 0 Å². The minimum Gasteiger partial charge on any atom is -0.352 e. The predicted octanol–water partition coefficient (Wildman–Crippen LogP) is -0.600. The van der Waals surface area contributed by atoms with Gasteiger partial charge in [-0.05, 0) is 12.5 Å². The van der Waals surface area contributed by atoms with Crippen LogP contribution in [0.3, 0.4) is 0 Å². The first-order chi connectivity index (χ1) is 9.70. The van der Waals surface area contributed by atoms with E-state index in [1.54, 1.807) is 12.3 Å². The van der Waals surface area contributed by atoms with Crippen molar-refractivity contribution < 1.29 is 9.59 Å². The van der Waals surface area contributed by atoms with Gasteiger partial charge in [-0.15, -0.1) is 0 Å². The molecule has 0 bridgehead atoms. The molecule has 0 aromatic carbocycles. The lowest BCUT2D eigenvalue weighted by Crippen LogP contribution is -2.38. The van der Waals surface area contributed by atoms with E-state index >= 15 is 0 Å². The highest BCUT2D eigenvalue weighted by atomic mass is 16.2. The fourth-order valence-corrected chi connectivity index (χ4v) is 1.98. The van der Waals surface area contributed by atoms with Crippen molar-refractivity contribution >= 4 is 11.8 Å². The number of nitrogens with two attached hydrogens (primary N) is 1. The van der Waals surface area contributed by atoms with Crippen molar-refractivity contribution in [2.24, 2.45) is 5.73 Å². The lowest BCUT2D eigenvalue weighted by molar-refractivity contribution is -0.119. The number of carbonyl (C=O) groups excluding carboxylic acids is 2. The number of aromatic nitrogens is 1. The van der Waals surface area contributed by atoms with Crippen LogP contribution in [0.4, 0.5) is 0 Å². The number of hydrogen-bond donors (Lipinski definition) is 3. The Kier molecular flexibility index (Phi) is 4.69. The Morgan fingerprint density at radius 3 is 3.15 bits per heavy atom. The molecule has 20 heavy (non-hydrogen) atoms. The van der Waals surface area contributed by atoms with Gasteiger partial charge in [0.2, 0.25) is 5.91 Å². The van der Waals surface area contributed by atoms with E-state index in [0.29, 0.717) is 24.1 Å². The highest BCUT2D eigenvalue weighted by Gasteiger charge is 2.21. The predicted molar refractivity (Wildman–Crippen MR) is 73.7 cm³/mol. The van der Waals surface area contributed by atoms with E-state index in [9.17, 15) is 9.59 Å². The van der Waals surface area contributed by atoms with Gasteiger partial charge in [0.05, 0.1) is 17.7 Å². The van der Waals surface area contributed by atoms with Crippen LogP contribution in [0, 0.1) is 11.8 Å². The molecule has 6 heteroatoms. The van der Waals surface area contributed by atoms with Gasteiger partial charge in [0.25, 0.3) is 5.91 Å². The highest BCUT2D eigenvalue weighted by molar-refractivity contribution is 5.96. The van der Waals surface area contributed by atoms with Crippen molar-refractivity contribution in [2.75, 3.05) is 13.1 Å². The van der Waals surface area contributed by atoms with Crippen LogP contribution in [0.5, 0.6) is 0 Å². The maximum atomic E-state index is 12.1. The van der Waals surface area contributed by atoms with Gasteiger partial charge in [-0.3, -0.25) is 14.6 Å². The molecule has 6 nitrogen and oxygen atoms in total. The second-order valence-electron chi connectivity index (χ2n) is 4.44. The third kappa shape index (κ3) is 3.56. The first kappa shape index (κ1) is 14.0. The van der Waals surface area contributed by atoms with E-state index in [1.807, 2.05) is 0 Å². The molecule has 4 N–H and O–H groups in total. The van der Waals surface area contributed by atoms with Crippen LogP contribution in [-0.4, -0.2) is 35.9 Å². The molecule has 1 aromatic heterocycles. The Hall–Kier alpha value is -2.39. The van der Waals surface area contributed by atoms with Gasteiger partial charge in [-0.1, -0.05) is 11.8 Å². The molecule has 1 atom stereocenters. The van der Waals surface area contributed by atoms with Crippen LogP contribution in [0.25, 0.3) is 0 Å². The molecule has 1 aromatic rings. The molecule has 0 aliphatic carbocycles. The van der Waals surface area contributed by atoms with Crippen LogP contribution in [0.15, 0.2) is 18.5 Å². The summed E-state index contributed by atoms with van der Waals surface area (Å²) in [5.41, 5.74) is 6.33. The van der Waals surface area contributed by atoms with Crippen molar-refractivity contribution in [3.05, 3.63) is 29.6 Å². The summed E-state index contributed by atoms with van der Waals surface area (Å²) < 4.78 is 0. The Morgan fingerprint density at radius 1 is 1.60 bits per heavy atom. The number of hydrogen-bond acceptors (Lipinski definition) is 4. The summed E-state index contributed by atoms with van der Waals surface area (Å²) in [6, 6.07) is 1.62. The first-order valence-electron chi connectivity index (χ1n) is 6.41. The molecule has 1 fully saturated rings. The van der Waals surface area contributed by atoms with Crippen LogP contribution in [-0.2, 0) is 4.79 Å². The van der Waals surface area contributed by atoms with Crippen molar-refractivity contribution in [2.45, 2.75) is 18.9 Å². The zero-order chi connectivity index (χ0) is 14.4. The lowest BCUT2D eigenvalue weighted by Gasteiger charge is -2.11. The summed E-state index contributed by atoms with van der Waals surface area (Å²) in [6.45, 7) is 0.640. The maximum absolute atomic E-state index is 12.1. The number of pyridine rings is 1. The largest absolute Gasteiger partial charge is 0.352 e. The van der Waals surface area contributed by atoms with Crippen LogP contribution < -0.4 is 16.4 Å². The second kappa shape index (κ2) is 6.68. The molecule has 1 saturated heterocycles. The quantitative estimate of drug-likeness (QED) is 0.640. The van der Waals surface area contributed by atoms with Crippen molar-refractivity contribution in [3.63, 3.8) is 0 Å². The van der Waals surface area contributed by atoms with E-state index in [0.717, 1.165) is 6.42 Å². The van der Waals surface area contributed by atoms with E-state index in [-0.39, 0.29) is 24.4 Å². The Bertz CT molecular complexity index is 574. The number of rotatable bonds is 3. The minimum atomic E-state index is -0.227. The molecule has 0 radical (unpaired) electrons. The number of nitrogens with zero attached hydrogens (tertiary/aromatic N) is 1. The third-order valence-electron chi connectivity index (χ3n) is 2.98. The summed E-state index contributed by atoms with van der Waals surface area (Å²) in [5.74, 6) is 5.33. The maximum Gasteiger partial charge on any atom is 0.252 e. The van der Waals surface area contributed by atoms with Crippen LogP contribution >= 0.6 is 0 Å². The molecule has 1 aliphatic rings. The van der Waals surface area contributed by atoms with Crippen molar-refractivity contribution in [3.8, 4) is 11.8 Å². The van der Waals surface area contributed by atoms with E-state index in [4.69, 9.17) is 5.73 Å². The van der Waals surface area contributed by atoms with E-state index < -0.39 is 0 Å². The van der Waals surface area contributed by atoms with Crippen LogP contribution in [0.2, 0.25) is 0 Å². The molecule has 1 aliphatic heterocycles. The number of amides is 2. The van der Waals surface area contributed by atoms with Gasteiger partial charge in [0, 0.05) is 31.4 Å². The highest BCUT2D eigenvalue weighted by Crippen LogP contribution is 2.07. The van der Waals surface area contributed by atoms with Gasteiger partial charge in [-0.2, -0.15) is 0 Å². The van der Waals surface area contributed by atoms with Crippen molar-refractivity contribution in [1.82, 2.24) is 15.6 Å². The molecule has 2 heterocycles. The fraction of sp³-hybridized carbons (Fsp3) is 0.357. The average Bonchev–Trinajstić information content (AvgIpc) is 2.88. The van der Waals surface area contributed by atoms with Crippen LogP contribution in [0.1, 0.15) is 28.8 Å². The first-order valence-corrected chi connectivity index (χ1v) is 6.41. The Balaban J connectivity index is 2.00. The number of nitrogens with one attached hydrogen (secondary N) is 2. The van der Waals surface area contributed by atoms with Crippen molar-refractivity contribution in [1.29, 1.82) is 0 Å². The van der Waals surface area contributed by atoms with E-state index in [2.05, 4.69) is 27.5 Å². The second-order valence-corrected chi connectivity index (χ2v) is 4.44. The third-order valence-corrected chi connectivity index (χ3v) is 2.98. The monoisotopic (exact) mass is 272 g/mol. The van der Waals surface area contributed by atoms with Gasteiger partial charge in [0.15, 0.2) is 0 Å². The molecule has 0 saturated carbocycles. The SMILES string of the molecule is NCC#Cc1cnccc1C(=O)NCC1CCC(=O)N1. The summed E-state index contributed by atoms with van der Waals surface area (Å²) >= 11 is 0. The summed E-state index contributed by atoms with van der Waals surface area (Å²) in [6.07, 6.45) is 4.34. The smallest absolute Gasteiger partial charge is 0.252 e. The molecule has 104 valence electrons. The summed E-state index contributed by atoms with van der Waals surface area (Å²) in [7, 11) is 0. The fourth-order valence-electron chi connectivity index (χ4n) is 1.98. The Morgan fingerprint density at radius 2 is 2.45 bits per heavy atom. The topological polar surface area (TPSA) is 97.1 Å². The standard InChI is InChI=1S/C14H16N4O2/c15-6-1-2-10-8-16-7-5-12(10)14(20)17-9-11-3-4-13(19)18-11/h5,7-8,11H,3-4,6,9,15H2,(H,17,20)(H,18,19). The normalized spacial score (nSPS) is 17.1. The van der Waals surface area contributed by atoms with Gasteiger partial charge in [-0.25, -0.2) is 0 Å². The molecule has 2 rings (SSSR count). The molecule has 2 amide bonds. The molecular formula is C14H16N4O2. The summed E-state index contributed by atoms with van der Waals surface area (Å²) in [4.78, 5) is 27.1. The minimum absolute atomic E-state index is 0.00635. The molecule has 0 spiro atoms.